The van der Waals surface area contributed by atoms with Crippen molar-refractivity contribution in [2.24, 2.45) is 0 Å². The maximum Gasteiger partial charge on any atom is 0.331 e. The molecule has 1 fully saturated rings. The number of amides is 3. The van der Waals surface area contributed by atoms with Crippen LogP contribution in [0.3, 0.4) is 0 Å². The lowest BCUT2D eigenvalue weighted by Gasteiger charge is -2.31. The predicted octanol–water partition coefficient (Wildman–Crippen LogP) is 4.46. The number of rotatable bonds is 2. The molecule has 0 spiro atoms. The average Bonchev–Trinajstić information content (AvgIpc) is 3.45. The lowest BCUT2D eigenvalue weighted by Crippen LogP contribution is -2.41. The van der Waals surface area contributed by atoms with E-state index in [0.717, 1.165) is 16.9 Å². The number of piperidine rings is 1. The van der Waals surface area contributed by atoms with Gasteiger partial charge in [-0.2, -0.15) is 5.26 Å². The third kappa shape index (κ3) is 2.92. The van der Waals surface area contributed by atoms with Gasteiger partial charge < -0.3 is 19.7 Å². The zero-order valence-corrected chi connectivity index (χ0v) is 18.9. The monoisotopic (exact) mass is 479 g/mol. The van der Waals surface area contributed by atoms with Gasteiger partial charge in [0.2, 0.25) is 6.79 Å². The first-order chi connectivity index (χ1) is 16.5. The maximum absolute atomic E-state index is 14.0. The fraction of sp³-hybridized carbons (Fsp3) is 0.304. The number of benzene rings is 1. The molecule has 0 radical (unpaired) electrons. The Morgan fingerprint density at radius 1 is 1.35 bits per heavy atom. The van der Waals surface area contributed by atoms with E-state index in [9.17, 15) is 19.2 Å². The van der Waals surface area contributed by atoms with Crippen LogP contribution in [0, 0.1) is 18.3 Å². The molecular formula is C23H18FN5O4S. The molecule has 0 aliphatic carbocycles. The normalized spacial score (nSPS) is 18.7. The van der Waals surface area contributed by atoms with Gasteiger partial charge in [-0.3, -0.25) is 9.69 Å². The number of halogens is 1. The third-order valence-corrected chi connectivity index (χ3v) is 7.34. The number of aryl methyl sites for hydroxylation is 1. The first-order valence-electron chi connectivity index (χ1n) is 10.8. The van der Waals surface area contributed by atoms with Crippen LogP contribution in [0.4, 0.5) is 26.2 Å². The average molecular weight is 479 g/mol. The Bertz CT molecular complexity index is 1430. The minimum Gasteiger partial charge on any atom is -0.454 e. The summed E-state index contributed by atoms with van der Waals surface area (Å²) in [5.74, 6) is 0.545. The molecule has 1 unspecified atom stereocenters. The van der Waals surface area contributed by atoms with Crippen LogP contribution in [0.15, 0.2) is 18.3 Å². The number of alkyl halides is 1. The molecule has 1 atom stereocenters. The lowest BCUT2D eigenvalue weighted by atomic mass is 10.0. The summed E-state index contributed by atoms with van der Waals surface area (Å²) in [6, 6.07) is 5.15. The van der Waals surface area contributed by atoms with Crippen LogP contribution >= 0.6 is 11.3 Å². The molecule has 1 aromatic carbocycles. The van der Waals surface area contributed by atoms with E-state index in [4.69, 9.17) is 9.47 Å². The van der Waals surface area contributed by atoms with Gasteiger partial charge in [-0.05, 0) is 31.4 Å². The molecule has 9 nitrogen and oxygen atoms in total. The van der Waals surface area contributed by atoms with E-state index >= 15 is 0 Å². The highest BCUT2D eigenvalue weighted by atomic mass is 32.1. The van der Waals surface area contributed by atoms with E-state index < -0.39 is 12.2 Å². The molecular weight excluding hydrogens is 461 g/mol. The quantitative estimate of drug-likeness (QED) is 0.581. The third-order valence-electron chi connectivity index (χ3n) is 6.26. The van der Waals surface area contributed by atoms with Crippen LogP contribution in [-0.2, 0) is 0 Å². The smallest absolute Gasteiger partial charge is 0.331 e. The van der Waals surface area contributed by atoms with E-state index in [0.29, 0.717) is 58.2 Å². The molecule has 6 rings (SSSR count). The summed E-state index contributed by atoms with van der Waals surface area (Å²) in [6.45, 7) is 2.31. The summed E-state index contributed by atoms with van der Waals surface area (Å²) in [5.41, 5.74) is 2.01. The van der Waals surface area contributed by atoms with Crippen LogP contribution < -0.4 is 19.7 Å². The molecule has 3 aliphatic heterocycles. The van der Waals surface area contributed by atoms with Gasteiger partial charge in [0.05, 0.1) is 34.6 Å². The van der Waals surface area contributed by atoms with E-state index in [1.165, 1.54) is 16.0 Å². The van der Waals surface area contributed by atoms with Crippen molar-refractivity contribution in [1.82, 2.24) is 9.88 Å². The summed E-state index contributed by atoms with van der Waals surface area (Å²) < 4.78 is 25.1. The first kappa shape index (κ1) is 20.7. The molecule has 3 aliphatic rings. The van der Waals surface area contributed by atoms with E-state index in [2.05, 4.69) is 16.4 Å². The van der Waals surface area contributed by atoms with Gasteiger partial charge in [0, 0.05) is 12.7 Å². The van der Waals surface area contributed by atoms with Crippen molar-refractivity contribution in [2.45, 2.75) is 25.9 Å². The van der Waals surface area contributed by atoms with Crippen molar-refractivity contribution in [3.8, 4) is 17.6 Å². The molecule has 0 saturated carbocycles. The van der Waals surface area contributed by atoms with Crippen molar-refractivity contribution in [3.05, 3.63) is 34.3 Å². The molecule has 11 heteroatoms. The molecule has 0 bridgehead atoms. The second kappa shape index (κ2) is 7.56. The highest BCUT2D eigenvalue weighted by Gasteiger charge is 2.39. The molecule has 5 heterocycles. The van der Waals surface area contributed by atoms with E-state index in [1.807, 2.05) is 13.0 Å². The second-order valence-electron chi connectivity index (χ2n) is 8.34. The highest BCUT2D eigenvalue weighted by Crippen LogP contribution is 2.52. The molecule has 3 amide bonds. The Morgan fingerprint density at radius 2 is 2.21 bits per heavy atom. The number of nitriles is 1. The number of ether oxygens (including phenoxy) is 2. The Kier molecular flexibility index (Phi) is 4.60. The van der Waals surface area contributed by atoms with Gasteiger partial charge in [-0.1, -0.05) is 6.07 Å². The minimum absolute atomic E-state index is 0.0169. The molecule has 3 aromatic rings. The summed E-state index contributed by atoms with van der Waals surface area (Å²) in [5, 5.41) is 13.2. The van der Waals surface area contributed by atoms with Crippen molar-refractivity contribution in [2.75, 3.05) is 30.1 Å². The fourth-order valence-corrected chi connectivity index (χ4v) is 5.77. The van der Waals surface area contributed by atoms with Crippen LogP contribution in [0.25, 0.3) is 10.2 Å². The summed E-state index contributed by atoms with van der Waals surface area (Å²) in [6.07, 6.45) is 1.33. The summed E-state index contributed by atoms with van der Waals surface area (Å²) >= 11 is 1.12. The van der Waals surface area contributed by atoms with Crippen molar-refractivity contribution >= 4 is 50.6 Å². The fourth-order valence-electron chi connectivity index (χ4n) is 4.70. The SMILES string of the molecule is Cc1ccc2c(c1N1C(=O)Nc3c(C(=O)N4CCCC(F)C4)sc4ncc(C#N)c1c34)OCO2. The number of likely N-dealkylation sites (tertiary alicyclic amines) is 1. The number of carbonyl (C=O) groups is 2. The number of pyridine rings is 1. The van der Waals surface area contributed by atoms with Crippen LogP contribution in [0.1, 0.15) is 33.6 Å². The zero-order chi connectivity index (χ0) is 23.6. The van der Waals surface area contributed by atoms with Crippen molar-refractivity contribution < 1.29 is 23.5 Å². The first-order valence-corrected chi connectivity index (χ1v) is 11.6. The lowest BCUT2D eigenvalue weighted by molar-refractivity contribution is 0.0642. The van der Waals surface area contributed by atoms with Gasteiger partial charge in [-0.25, -0.2) is 14.2 Å². The topological polar surface area (TPSA) is 108 Å². The van der Waals surface area contributed by atoms with Crippen molar-refractivity contribution in [1.29, 1.82) is 5.26 Å². The Balaban J connectivity index is 1.57. The van der Waals surface area contributed by atoms with E-state index in [1.54, 1.807) is 6.07 Å². The minimum atomic E-state index is -1.07. The Morgan fingerprint density at radius 3 is 3.00 bits per heavy atom. The molecule has 2 aromatic heterocycles. The van der Waals surface area contributed by atoms with Crippen LogP contribution in [0.2, 0.25) is 0 Å². The second-order valence-corrected chi connectivity index (χ2v) is 9.34. The van der Waals surface area contributed by atoms with Gasteiger partial charge >= 0.3 is 6.03 Å². The molecule has 34 heavy (non-hydrogen) atoms. The predicted molar refractivity (Wildman–Crippen MR) is 123 cm³/mol. The Labute approximate surface area is 197 Å². The van der Waals surface area contributed by atoms with Gasteiger partial charge in [0.25, 0.3) is 5.91 Å². The molecule has 1 N–H and O–H groups in total. The number of hydrogen-bond donors (Lipinski definition) is 1. The van der Waals surface area contributed by atoms with Crippen LogP contribution in [0.5, 0.6) is 11.5 Å². The number of nitrogens with one attached hydrogen (secondary N) is 1. The zero-order valence-electron chi connectivity index (χ0n) is 18.1. The number of fused-ring (bicyclic) bond motifs is 1. The number of aromatic nitrogens is 1. The van der Waals surface area contributed by atoms with Gasteiger partial charge in [0.15, 0.2) is 11.5 Å². The number of thiophene rings is 1. The van der Waals surface area contributed by atoms with Crippen molar-refractivity contribution in [3.63, 3.8) is 0 Å². The molecule has 172 valence electrons. The van der Waals surface area contributed by atoms with E-state index in [-0.39, 0.29) is 29.7 Å². The van der Waals surface area contributed by atoms with Gasteiger partial charge in [-0.15, -0.1) is 11.3 Å². The number of anilines is 3. The number of nitrogens with zero attached hydrogens (tertiary/aromatic N) is 4. The highest BCUT2D eigenvalue weighted by molar-refractivity contribution is 7.21. The Hall–Kier alpha value is -3.91. The van der Waals surface area contributed by atoms with Gasteiger partial charge in [0.1, 0.15) is 21.9 Å². The molecule has 1 saturated heterocycles. The van der Waals surface area contributed by atoms with Crippen LogP contribution in [-0.4, -0.2) is 47.9 Å². The largest absolute Gasteiger partial charge is 0.454 e. The number of urea groups is 1. The summed E-state index contributed by atoms with van der Waals surface area (Å²) in [7, 11) is 0. The maximum atomic E-state index is 14.0. The standard InChI is InChI=1S/C23H18FN5O4S/c1-11-4-5-14-19(33-10-32-14)17(11)29-18-12(7-25)8-26-21-15(18)16(27-23(29)31)20(34-21)22(30)28-6-2-3-13(24)9-28/h4-5,8,13H,2-3,6,9-10H2,1H3,(H,27,31). The number of hydrogen-bond acceptors (Lipinski definition) is 7. The number of carbonyl (C=O) groups excluding carboxylic acids is 2. The summed E-state index contributed by atoms with van der Waals surface area (Å²) in [4.78, 5) is 34.9.